The van der Waals surface area contributed by atoms with Gasteiger partial charge in [0.25, 0.3) is 0 Å². The van der Waals surface area contributed by atoms with Gasteiger partial charge in [0.2, 0.25) is 0 Å². The maximum atomic E-state index is 5.54. The van der Waals surface area contributed by atoms with Crippen LogP contribution in [-0.2, 0) is 6.42 Å². The second-order valence-corrected chi connectivity index (χ2v) is 2.99. The Labute approximate surface area is 71.3 Å². The van der Waals surface area contributed by atoms with Crippen molar-refractivity contribution in [3.63, 3.8) is 0 Å². The largest absolute Gasteiger partial charge is 0.493 e. The molecule has 0 fully saturated rings. The minimum Gasteiger partial charge on any atom is -0.493 e. The fourth-order valence-corrected chi connectivity index (χ4v) is 1.41. The summed E-state index contributed by atoms with van der Waals surface area (Å²) in [5, 5.41) is 0. The second kappa shape index (κ2) is 2.77. The molecule has 0 saturated heterocycles. The molecule has 0 aromatic heterocycles. The van der Waals surface area contributed by atoms with Gasteiger partial charge in [-0.2, -0.15) is 0 Å². The maximum Gasteiger partial charge on any atom is 0.122 e. The lowest BCUT2D eigenvalue weighted by Crippen LogP contribution is -2.19. The van der Waals surface area contributed by atoms with Crippen molar-refractivity contribution in [1.82, 2.24) is 0 Å². The Morgan fingerprint density at radius 2 is 2.17 bits per heavy atom. The van der Waals surface area contributed by atoms with E-state index >= 15 is 0 Å². The molecule has 4 N–H and O–H groups in total. The third-order valence-corrected chi connectivity index (χ3v) is 2.10. The Balaban J connectivity index is 2.39. The predicted molar refractivity (Wildman–Crippen MR) is 46.8 cm³/mol. The molecule has 0 atom stereocenters. The number of fused-ring (bicyclic) bond motifs is 1. The number of ether oxygens (including phenoxy) is 1. The van der Waals surface area contributed by atoms with E-state index < -0.39 is 0 Å². The molecule has 3 heteroatoms. The monoisotopic (exact) mass is 164 g/mol. The minimum absolute atomic E-state index is 0.379. The molecule has 0 bridgehead atoms. The first-order chi connectivity index (χ1) is 5.77. The summed E-state index contributed by atoms with van der Waals surface area (Å²) in [5.41, 5.74) is 13.3. The number of rotatable bonds is 1. The van der Waals surface area contributed by atoms with Gasteiger partial charge in [-0.25, -0.2) is 0 Å². The lowest BCUT2D eigenvalue weighted by Gasteiger charge is -2.06. The van der Waals surface area contributed by atoms with Crippen molar-refractivity contribution < 1.29 is 4.74 Å². The van der Waals surface area contributed by atoms with Crippen molar-refractivity contribution in [2.24, 2.45) is 11.5 Å². The van der Waals surface area contributed by atoms with Crippen molar-refractivity contribution in [2.75, 3.05) is 6.61 Å². The highest BCUT2D eigenvalue weighted by molar-refractivity contribution is 5.40. The van der Waals surface area contributed by atoms with E-state index in [0.29, 0.717) is 0 Å². The third kappa shape index (κ3) is 1.17. The average molecular weight is 164 g/mol. The van der Waals surface area contributed by atoms with Gasteiger partial charge in [-0.05, 0) is 23.3 Å². The summed E-state index contributed by atoms with van der Waals surface area (Å²) >= 11 is 0. The summed E-state index contributed by atoms with van der Waals surface area (Å²) in [4.78, 5) is 0. The highest BCUT2D eigenvalue weighted by Crippen LogP contribution is 2.26. The molecule has 1 aromatic rings. The Morgan fingerprint density at radius 3 is 2.92 bits per heavy atom. The van der Waals surface area contributed by atoms with Gasteiger partial charge in [0.1, 0.15) is 5.75 Å². The Morgan fingerprint density at radius 1 is 1.33 bits per heavy atom. The molecule has 0 saturated carbocycles. The van der Waals surface area contributed by atoms with Gasteiger partial charge in [0.15, 0.2) is 0 Å². The normalized spacial score (nSPS) is 14.6. The summed E-state index contributed by atoms with van der Waals surface area (Å²) in [6, 6.07) is 5.87. The van der Waals surface area contributed by atoms with Crippen LogP contribution < -0.4 is 16.2 Å². The van der Waals surface area contributed by atoms with Crippen molar-refractivity contribution in [2.45, 2.75) is 12.6 Å². The van der Waals surface area contributed by atoms with E-state index in [0.717, 1.165) is 24.3 Å². The smallest absolute Gasteiger partial charge is 0.122 e. The number of nitrogens with two attached hydrogens (primary N) is 2. The molecular formula is C9H12N2O. The van der Waals surface area contributed by atoms with Crippen LogP contribution in [0.5, 0.6) is 5.75 Å². The Bertz CT molecular complexity index is 297. The SMILES string of the molecule is NC(N)c1ccc2c(c1)CCO2. The average Bonchev–Trinajstić information content (AvgIpc) is 2.49. The van der Waals surface area contributed by atoms with E-state index in [2.05, 4.69) is 0 Å². The highest BCUT2D eigenvalue weighted by atomic mass is 16.5. The van der Waals surface area contributed by atoms with E-state index in [1.165, 1.54) is 5.56 Å². The van der Waals surface area contributed by atoms with Crippen molar-refractivity contribution in [1.29, 1.82) is 0 Å². The van der Waals surface area contributed by atoms with Crippen LogP contribution in [0.2, 0.25) is 0 Å². The van der Waals surface area contributed by atoms with Gasteiger partial charge in [0, 0.05) is 6.42 Å². The van der Waals surface area contributed by atoms with E-state index in [4.69, 9.17) is 16.2 Å². The van der Waals surface area contributed by atoms with Crippen LogP contribution >= 0.6 is 0 Å². The van der Waals surface area contributed by atoms with Crippen LogP contribution in [0.25, 0.3) is 0 Å². The first-order valence-electron chi connectivity index (χ1n) is 4.04. The van der Waals surface area contributed by atoms with Crippen LogP contribution in [0, 0.1) is 0 Å². The fourth-order valence-electron chi connectivity index (χ4n) is 1.41. The van der Waals surface area contributed by atoms with E-state index in [1.54, 1.807) is 0 Å². The van der Waals surface area contributed by atoms with E-state index in [-0.39, 0.29) is 6.17 Å². The summed E-state index contributed by atoms with van der Waals surface area (Å²) in [5.74, 6) is 0.972. The molecule has 2 rings (SSSR count). The van der Waals surface area contributed by atoms with Crippen molar-refractivity contribution >= 4 is 0 Å². The molecule has 0 amide bonds. The van der Waals surface area contributed by atoms with Gasteiger partial charge in [0.05, 0.1) is 12.8 Å². The molecule has 0 aliphatic carbocycles. The molecule has 0 unspecified atom stereocenters. The lowest BCUT2D eigenvalue weighted by molar-refractivity contribution is 0.357. The Hall–Kier alpha value is -1.06. The molecule has 1 aliphatic heterocycles. The summed E-state index contributed by atoms with van der Waals surface area (Å²) in [6.07, 6.45) is 0.589. The number of hydrogen-bond donors (Lipinski definition) is 2. The van der Waals surface area contributed by atoms with Crippen molar-refractivity contribution in [3.05, 3.63) is 29.3 Å². The van der Waals surface area contributed by atoms with Gasteiger partial charge in [-0.3, -0.25) is 0 Å². The van der Waals surface area contributed by atoms with Crippen LogP contribution in [0.15, 0.2) is 18.2 Å². The lowest BCUT2D eigenvalue weighted by atomic mass is 10.1. The summed E-state index contributed by atoms with van der Waals surface area (Å²) < 4.78 is 5.35. The van der Waals surface area contributed by atoms with Crippen LogP contribution in [0.1, 0.15) is 17.3 Å². The van der Waals surface area contributed by atoms with Crippen LogP contribution in [0.3, 0.4) is 0 Å². The summed E-state index contributed by atoms with van der Waals surface area (Å²) in [6.45, 7) is 0.776. The number of benzene rings is 1. The van der Waals surface area contributed by atoms with Gasteiger partial charge < -0.3 is 16.2 Å². The second-order valence-electron chi connectivity index (χ2n) is 2.99. The minimum atomic E-state index is -0.379. The van der Waals surface area contributed by atoms with Crippen LogP contribution in [-0.4, -0.2) is 6.61 Å². The molecular weight excluding hydrogens is 152 g/mol. The fraction of sp³-hybridized carbons (Fsp3) is 0.333. The number of hydrogen-bond acceptors (Lipinski definition) is 3. The zero-order chi connectivity index (χ0) is 8.55. The molecule has 64 valence electrons. The highest BCUT2D eigenvalue weighted by Gasteiger charge is 2.12. The molecule has 1 aromatic carbocycles. The van der Waals surface area contributed by atoms with Crippen molar-refractivity contribution in [3.8, 4) is 5.75 Å². The van der Waals surface area contributed by atoms with Crippen LogP contribution in [0.4, 0.5) is 0 Å². The maximum absolute atomic E-state index is 5.54. The first-order valence-corrected chi connectivity index (χ1v) is 4.04. The molecule has 3 nitrogen and oxygen atoms in total. The van der Waals surface area contributed by atoms with Gasteiger partial charge >= 0.3 is 0 Å². The quantitative estimate of drug-likeness (QED) is 0.595. The molecule has 1 heterocycles. The first kappa shape index (κ1) is 7.58. The Kier molecular flexibility index (Phi) is 1.75. The zero-order valence-corrected chi connectivity index (χ0v) is 6.79. The standard InChI is InChI=1S/C9H12N2O/c10-9(11)7-1-2-8-6(5-7)3-4-12-8/h1-2,5,9H,3-4,10-11H2. The summed E-state index contributed by atoms with van der Waals surface area (Å²) in [7, 11) is 0. The van der Waals surface area contributed by atoms with Gasteiger partial charge in [-0.1, -0.05) is 6.07 Å². The van der Waals surface area contributed by atoms with Gasteiger partial charge in [-0.15, -0.1) is 0 Å². The molecule has 1 aliphatic rings. The topological polar surface area (TPSA) is 61.3 Å². The molecule has 12 heavy (non-hydrogen) atoms. The van der Waals surface area contributed by atoms with E-state index in [9.17, 15) is 0 Å². The molecule has 0 radical (unpaired) electrons. The molecule has 0 spiro atoms. The third-order valence-electron chi connectivity index (χ3n) is 2.10. The van der Waals surface area contributed by atoms with E-state index in [1.807, 2.05) is 18.2 Å². The predicted octanol–water partition coefficient (Wildman–Crippen LogP) is 0.537. The zero-order valence-electron chi connectivity index (χ0n) is 6.79.